The summed E-state index contributed by atoms with van der Waals surface area (Å²) in [5.74, 6) is 0.556. The van der Waals surface area contributed by atoms with Crippen molar-refractivity contribution in [1.29, 1.82) is 0 Å². The molecule has 0 unspecified atom stereocenters. The van der Waals surface area contributed by atoms with Crippen LogP contribution in [0.4, 0.5) is 11.6 Å². The van der Waals surface area contributed by atoms with E-state index in [4.69, 9.17) is 28.2 Å². The van der Waals surface area contributed by atoms with Gasteiger partial charge in [-0.25, -0.2) is 4.98 Å². The van der Waals surface area contributed by atoms with Gasteiger partial charge in [-0.2, -0.15) is 0 Å². The summed E-state index contributed by atoms with van der Waals surface area (Å²) in [5, 5.41) is 5.76. The smallest absolute Gasteiger partial charge is 0.258 e. The van der Waals surface area contributed by atoms with Crippen molar-refractivity contribution in [3.8, 4) is 0 Å². The molecule has 0 radical (unpaired) electrons. The number of imidazole rings is 1. The summed E-state index contributed by atoms with van der Waals surface area (Å²) in [6, 6.07) is 9.25. The summed E-state index contributed by atoms with van der Waals surface area (Å²) in [4.78, 5) is 23.5. The van der Waals surface area contributed by atoms with E-state index in [2.05, 4.69) is 21.3 Å². The molecule has 0 aliphatic carbocycles. The van der Waals surface area contributed by atoms with Gasteiger partial charge in [-0.1, -0.05) is 47.8 Å². The zero-order valence-corrected chi connectivity index (χ0v) is 20.8. The number of anilines is 2. The largest absolute Gasteiger partial charge is 0.323 e. The fourth-order valence-corrected chi connectivity index (χ4v) is 5.23. The highest BCUT2D eigenvalue weighted by molar-refractivity contribution is 6.39. The Morgan fingerprint density at radius 3 is 2.59 bits per heavy atom. The highest BCUT2D eigenvalue weighted by Gasteiger charge is 2.17. The molecule has 0 atom stereocenters. The zero-order valence-electron chi connectivity index (χ0n) is 19.3. The average molecular weight is 496 g/mol. The summed E-state index contributed by atoms with van der Waals surface area (Å²) in [6.07, 6.45) is 8.03. The Morgan fingerprint density at radius 1 is 1.12 bits per heavy atom. The molecule has 176 valence electrons. The first kappa shape index (κ1) is 23.0. The van der Waals surface area contributed by atoms with Crippen molar-refractivity contribution in [2.75, 3.05) is 25.0 Å². The lowest BCUT2D eigenvalue weighted by Gasteiger charge is -2.24. The van der Waals surface area contributed by atoms with Gasteiger partial charge in [-0.05, 0) is 68.1 Å². The van der Waals surface area contributed by atoms with Crippen LogP contribution in [-0.2, 0) is 7.05 Å². The molecule has 0 bridgehead atoms. The number of likely N-dealkylation sites (tertiary alicyclic amines) is 1. The van der Waals surface area contributed by atoms with Crippen molar-refractivity contribution < 1.29 is 0 Å². The third kappa shape index (κ3) is 4.22. The molecule has 0 amide bonds. The number of nitrogens with one attached hydrogen (secondary N) is 2. The van der Waals surface area contributed by atoms with E-state index >= 15 is 0 Å². The second-order valence-electron chi connectivity index (χ2n) is 8.83. The predicted molar refractivity (Wildman–Crippen MR) is 143 cm³/mol. The molecular weight excluding hydrogens is 469 g/mol. The van der Waals surface area contributed by atoms with Gasteiger partial charge in [0.15, 0.2) is 0 Å². The van der Waals surface area contributed by atoms with Gasteiger partial charge < -0.3 is 14.9 Å². The molecule has 1 fully saturated rings. The summed E-state index contributed by atoms with van der Waals surface area (Å²) in [5.41, 5.74) is 3.82. The number of hydrogen-bond acceptors (Lipinski definition) is 4. The fourth-order valence-electron chi connectivity index (χ4n) is 4.74. The summed E-state index contributed by atoms with van der Waals surface area (Å²) >= 11 is 12.7. The highest BCUT2D eigenvalue weighted by atomic mass is 35.5. The van der Waals surface area contributed by atoms with E-state index in [1.807, 2.05) is 36.7 Å². The van der Waals surface area contributed by atoms with Crippen LogP contribution in [0, 0.1) is 6.92 Å². The van der Waals surface area contributed by atoms with Crippen molar-refractivity contribution in [2.24, 2.45) is 7.05 Å². The molecule has 0 saturated carbocycles. The number of para-hydroxylation sites is 1. The van der Waals surface area contributed by atoms with Gasteiger partial charge in [-0.3, -0.25) is 9.69 Å². The minimum absolute atomic E-state index is 0.130. The van der Waals surface area contributed by atoms with Gasteiger partial charge >= 0.3 is 0 Å². The molecule has 1 aliphatic rings. The summed E-state index contributed by atoms with van der Waals surface area (Å²) in [6.45, 7) is 5.24. The molecular formula is C26H27Cl2N5O. The number of aromatic nitrogens is 3. The maximum absolute atomic E-state index is 13.3. The van der Waals surface area contributed by atoms with Gasteiger partial charge in [0.05, 0.1) is 32.2 Å². The number of aryl methyl sites for hydroxylation is 2. The van der Waals surface area contributed by atoms with E-state index in [-0.39, 0.29) is 5.56 Å². The lowest BCUT2D eigenvalue weighted by Crippen LogP contribution is -2.29. The molecule has 0 spiro atoms. The number of fused-ring (bicyclic) bond motifs is 3. The van der Waals surface area contributed by atoms with Crippen LogP contribution >= 0.6 is 23.2 Å². The second-order valence-corrected chi connectivity index (χ2v) is 9.64. The molecule has 34 heavy (non-hydrogen) atoms. The Morgan fingerprint density at radius 2 is 1.85 bits per heavy atom. The monoisotopic (exact) mass is 495 g/mol. The number of aromatic amines is 1. The van der Waals surface area contributed by atoms with Crippen molar-refractivity contribution in [3.63, 3.8) is 0 Å². The van der Waals surface area contributed by atoms with E-state index in [9.17, 15) is 4.79 Å². The molecule has 2 aromatic carbocycles. The van der Waals surface area contributed by atoms with Crippen LogP contribution < -0.4 is 10.9 Å². The van der Waals surface area contributed by atoms with Gasteiger partial charge in [0.2, 0.25) is 5.95 Å². The molecule has 4 aromatic rings. The molecule has 8 heteroatoms. The quantitative estimate of drug-likeness (QED) is 0.342. The molecule has 2 aromatic heterocycles. The SMILES string of the molecule is Cc1c(/C=C/CN2CCCCC2)[nH]c(=O)c2c1ccc1nc(Nc3c(Cl)cccc3Cl)n(C)c12. The highest BCUT2D eigenvalue weighted by Crippen LogP contribution is 2.34. The number of benzene rings is 2. The number of piperidine rings is 1. The van der Waals surface area contributed by atoms with Crippen molar-refractivity contribution in [2.45, 2.75) is 26.2 Å². The number of pyridine rings is 1. The molecule has 5 rings (SSSR count). The Labute approximate surface area is 208 Å². The lowest BCUT2D eigenvalue weighted by atomic mass is 10.0. The van der Waals surface area contributed by atoms with Crippen LogP contribution in [0.3, 0.4) is 0 Å². The van der Waals surface area contributed by atoms with Gasteiger partial charge in [0, 0.05) is 19.3 Å². The van der Waals surface area contributed by atoms with E-state index in [1.165, 1.54) is 19.3 Å². The molecule has 6 nitrogen and oxygen atoms in total. The Kier molecular flexibility index (Phi) is 6.38. The summed E-state index contributed by atoms with van der Waals surface area (Å²) in [7, 11) is 1.88. The number of hydrogen-bond donors (Lipinski definition) is 2. The van der Waals surface area contributed by atoms with Gasteiger partial charge in [-0.15, -0.1) is 0 Å². The minimum Gasteiger partial charge on any atom is -0.323 e. The normalized spacial score (nSPS) is 15.1. The first-order chi connectivity index (χ1) is 16.4. The zero-order chi connectivity index (χ0) is 23.8. The van der Waals surface area contributed by atoms with Crippen LogP contribution in [-0.4, -0.2) is 39.1 Å². The maximum atomic E-state index is 13.3. The average Bonchev–Trinajstić information content (AvgIpc) is 3.15. The van der Waals surface area contributed by atoms with E-state index < -0.39 is 0 Å². The van der Waals surface area contributed by atoms with Crippen LogP contribution in [0.5, 0.6) is 0 Å². The summed E-state index contributed by atoms with van der Waals surface area (Å²) < 4.78 is 1.87. The van der Waals surface area contributed by atoms with Crippen LogP contribution in [0.1, 0.15) is 30.5 Å². The van der Waals surface area contributed by atoms with E-state index in [1.54, 1.807) is 18.2 Å². The minimum atomic E-state index is -0.130. The first-order valence-corrected chi connectivity index (χ1v) is 12.3. The van der Waals surface area contributed by atoms with Crippen molar-refractivity contribution in [1.82, 2.24) is 19.4 Å². The van der Waals surface area contributed by atoms with Crippen LogP contribution in [0.25, 0.3) is 27.9 Å². The third-order valence-electron chi connectivity index (χ3n) is 6.62. The Bertz CT molecular complexity index is 1440. The topological polar surface area (TPSA) is 66.0 Å². The molecule has 1 aliphatic heterocycles. The molecule has 2 N–H and O–H groups in total. The molecule has 3 heterocycles. The number of H-pyrrole nitrogens is 1. The fraction of sp³-hybridized carbons (Fsp3) is 0.308. The number of rotatable bonds is 5. The van der Waals surface area contributed by atoms with Gasteiger partial charge in [0.1, 0.15) is 0 Å². The lowest BCUT2D eigenvalue weighted by molar-refractivity contribution is 0.252. The van der Waals surface area contributed by atoms with E-state index in [0.717, 1.165) is 47.3 Å². The molecule has 1 saturated heterocycles. The standard InChI is InChI=1S/C26H27Cl2N5O/c1-16-17-11-12-21-24(32(2)26(30-21)31-23-18(27)8-6-9-19(23)28)22(17)25(34)29-20(16)10-7-15-33-13-4-3-5-14-33/h6-12H,3-5,13-15H2,1-2H3,(H,29,34)(H,30,31)/b10-7+. The number of halogens is 2. The van der Waals surface area contributed by atoms with Crippen molar-refractivity contribution >= 4 is 62.7 Å². The van der Waals surface area contributed by atoms with Gasteiger partial charge in [0.25, 0.3) is 5.56 Å². The van der Waals surface area contributed by atoms with E-state index in [0.29, 0.717) is 27.1 Å². The Hall–Kier alpha value is -2.80. The van der Waals surface area contributed by atoms with Crippen molar-refractivity contribution in [3.05, 3.63) is 68.1 Å². The maximum Gasteiger partial charge on any atom is 0.258 e. The first-order valence-electron chi connectivity index (χ1n) is 11.6. The Balaban J connectivity index is 1.54. The third-order valence-corrected chi connectivity index (χ3v) is 7.25. The van der Waals surface area contributed by atoms with Crippen LogP contribution in [0.2, 0.25) is 10.0 Å². The van der Waals surface area contributed by atoms with Crippen LogP contribution in [0.15, 0.2) is 41.2 Å². The second kappa shape index (κ2) is 9.45. The number of nitrogens with zero attached hydrogens (tertiary/aromatic N) is 3. The predicted octanol–water partition coefficient (Wildman–Crippen LogP) is 6.27.